The van der Waals surface area contributed by atoms with Crippen molar-refractivity contribution in [2.45, 2.75) is 25.8 Å². The van der Waals surface area contributed by atoms with Crippen LogP contribution in [0.3, 0.4) is 0 Å². The van der Waals surface area contributed by atoms with Gasteiger partial charge in [0, 0.05) is 11.4 Å². The number of nitrogens with zero attached hydrogens (tertiary/aromatic N) is 1. The molecule has 1 saturated heterocycles. The van der Waals surface area contributed by atoms with Crippen LogP contribution in [0.5, 0.6) is 5.75 Å². The van der Waals surface area contributed by atoms with E-state index in [0.717, 1.165) is 42.3 Å². The average molecular weight is 459 g/mol. The van der Waals surface area contributed by atoms with Gasteiger partial charge in [-0.15, -0.1) is 0 Å². The summed E-state index contributed by atoms with van der Waals surface area (Å²) in [5.41, 5.74) is 2.15. The van der Waals surface area contributed by atoms with Gasteiger partial charge >= 0.3 is 5.97 Å². The van der Waals surface area contributed by atoms with Crippen LogP contribution in [0.15, 0.2) is 66.2 Å². The molecule has 1 amide bonds. The van der Waals surface area contributed by atoms with Crippen molar-refractivity contribution < 1.29 is 19.4 Å². The molecule has 1 heterocycles. The highest BCUT2D eigenvalue weighted by atomic mass is 16.5. The normalized spacial score (nSPS) is 15.3. The summed E-state index contributed by atoms with van der Waals surface area (Å²) in [7, 11) is 2.09. The number of nitrogens with one attached hydrogen (secondary N) is 1. The topological polar surface area (TPSA) is 78.9 Å². The minimum absolute atomic E-state index is 0.103. The first-order valence-corrected chi connectivity index (χ1v) is 11.5. The third kappa shape index (κ3) is 5.64. The number of likely N-dealkylation sites (tertiary alicyclic amines) is 1. The lowest BCUT2D eigenvalue weighted by atomic mass is 10.0. The molecular formula is C28H30N2O4. The number of hydrogen-bond acceptors (Lipinski definition) is 4. The molecule has 3 aromatic carbocycles. The molecule has 6 heteroatoms. The maximum Gasteiger partial charge on any atom is 0.335 e. The Hall–Kier alpha value is -3.64. The summed E-state index contributed by atoms with van der Waals surface area (Å²) in [5, 5.41) is 14.5. The Balaban J connectivity index is 1.59. The number of carboxylic acids is 1. The van der Waals surface area contributed by atoms with Crippen molar-refractivity contribution in [3.05, 3.63) is 82.9 Å². The molecule has 176 valence electrons. The smallest absolute Gasteiger partial charge is 0.335 e. The van der Waals surface area contributed by atoms with Crippen molar-refractivity contribution in [3.8, 4) is 5.75 Å². The number of aryl methyl sites for hydroxylation is 1. The lowest BCUT2D eigenvalue weighted by Gasteiger charge is -2.29. The molecular weight excluding hydrogens is 428 g/mol. The zero-order valence-corrected chi connectivity index (χ0v) is 19.6. The summed E-state index contributed by atoms with van der Waals surface area (Å²) in [6, 6.07) is 19.0. The largest absolute Gasteiger partial charge is 0.488 e. The second-order valence-electron chi connectivity index (χ2n) is 8.87. The Morgan fingerprint density at radius 2 is 1.82 bits per heavy atom. The zero-order valence-electron chi connectivity index (χ0n) is 19.6. The van der Waals surface area contributed by atoms with Crippen LogP contribution in [0.25, 0.3) is 16.8 Å². The van der Waals surface area contributed by atoms with Crippen molar-refractivity contribution in [1.82, 2.24) is 10.2 Å². The molecule has 2 N–H and O–H groups in total. The molecule has 1 aliphatic heterocycles. The fourth-order valence-electron chi connectivity index (χ4n) is 4.30. The van der Waals surface area contributed by atoms with Gasteiger partial charge in [-0.1, -0.05) is 48.5 Å². The predicted molar refractivity (Wildman–Crippen MR) is 134 cm³/mol. The second kappa shape index (κ2) is 10.5. The number of piperidine rings is 1. The molecule has 0 aliphatic carbocycles. The molecule has 34 heavy (non-hydrogen) atoms. The monoisotopic (exact) mass is 458 g/mol. The second-order valence-corrected chi connectivity index (χ2v) is 8.87. The summed E-state index contributed by atoms with van der Waals surface area (Å²) in [5.74, 6) is -0.407. The van der Waals surface area contributed by atoms with Crippen LogP contribution in [0, 0.1) is 6.92 Å². The Bertz CT molecular complexity index is 1220. The third-order valence-electron chi connectivity index (χ3n) is 6.30. The summed E-state index contributed by atoms with van der Waals surface area (Å²) in [6.45, 7) is 3.76. The highest BCUT2D eigenvalue weighted by Crippen LogP contribution is 2.26. The number of aromatic carboxylic acids is 1. The fourth-order valence-corrected chi connectivity index (χ4v) is 4.30. The first kappa shape index (κ1) is 23.5. The number of hydrogen-bond donors (Lipinski definition) is 2. The standard InChI is InChI=1S/C28H30N2O4/c1-19-16-20(10-11-24(19)28(32)33)17-22(27(31)29-23-12-14-30(2)15-13-23)18-34-26-9-5-7-21-6-3-4-8-25(21)26/h3-11,16-17,23H,12-15,18H2,1-2H3,(H,29,31)(H,32,33). The molecule has 0 radical (unpaired) electrons. The number of carbonyl (C=O) groups is 2. The quantitative estimate of drug-likeness (QED) is 0.509. The molecule has 0 unspecified atom stereocenters. The van der Waals surface area contributed by atoms with Gasteiger partial charge in [-0.25, -0.2) is 4.79 Å². The van der Waals surface area contributed by atoms with E-state index < -0.39 is 5.97 Å². The number of benzene rings is 3. The molecule has 3 aromatic rings. The average Bonchev–Trinajstić information content (AvgIpc) is 2.83. The van der Waals surface area contributed by atoms with Crippen LogP contribution < -0.4 is 10.1 Å². The molecule has 0 aromatic heterocycles. The maximum atomic E-state index is 13.3. The van der Waals surface area contributed by atoms with Crippen LogP contribution in [-0.4, -0.2) is 54.7 Å². The molecule has 0 spiro atoms. The van der Waals surface area contributed by atoms with Gasteiger partial charge in [0.2, 0.25) is 0 Å². The number of fused-ring (bicyclic) bond motifs is 1. The van der Waals surface area contributed by atoms with Crippen molar-refractivity contribution >= 4 is 28.7 Å². The first-order chi connectivity index (χ1) is 16.4. The van der Waals surface area contributed by atoms with Crippen molar-refractivity contribution in [2.75, 3.05) is 26.7 Å². The van der Waals surface area contributed by atoms with E-state index in [2.05, 4.69) is 17.3 Å². The Kier molecular flexibility index (Phi) is 7.28. The van der Waals surface area contributed by atoms with Gasteiger partial charge in [0.15, 0.2) is 0 Å². The van der Waals surface area contributed by atoms with E-state index in [-0.39, 0.29) is 24.1 Å². The number of carbonyl (C=O) groups excluding carboxylic acids is 1. The van der Waals surface area contributed by atoms with Crippen LogP contribution in [0.2, 0.25) is 0 Å². The van der Waals surface area contributed by atoms with E-state index in [0.29, 0.717) is 16.9 Å². The van der Waals surface area contributed by atoms with Crippen molar-refractivity contribution in [1.29, 1.82) is 0 Å². The first-order valence-electron chi connectivity index (χ1n) is 11.5. The molecule has 0 atom stereocenters. The molecule has 1 aliphatic rings. The minimum atomic E-state index is -0.965. The van der Waals surface area contributed by atoms with E-state index in [4.69, 9.17) is 4.74 Å². The van der Waals surface area contributed by atoms with Gasteiger partial charge in [0.1, 0.15) is 12.4 Å². The highest BCUT2D eigenvalue weighted by Gasteiger charge is 2.21. The van der Waals surface area contributed by atoms with Gasteiger partial charge in [-0.05, 0) is 74.6 Å². The number of rotatable bonds is 7. The Morgan fingerprint density at radius 3 is 2.56 bits per heavy atom. The SMILES string of the molecule is Cc1cc(C=C(COc2cccc3ccccc23)C(=O)NC2CCN(C)CC2)ccc1C(=O)O. The lowest BCUT2D eigenvalue weighted by molar-refractivity contribution is -0.118. The fraction of sp³-hybridized carbons (Fsp3) is 0.286. The van der Waals surface area contributed by atoms with E-state index in [9.17, 15) is 14.7 Å². The van der Waals surface area contributed by atoms with Crippen LogP contribution in [0.1, 0.15) is 34.3 Å². The Morgan fingerprint density at radius 1 is 1.09 bits per heavy atom. The minimum Gasteiger partial charge on any atom is -0.488 e. The molecule has 6 nitrogen and oxygen atoms in total. The Labute approximate surface area is 199 Å². The van der Waals surface area contributed by atoms with Gasteiger partial charge in [0.25, 0.3) is 5.91 Å². The van der Waals surface area contributed by atoms with Crippen molar-refractivity contribution in [3.63, 3.8) is 0 Å². The number of ether oxygens (including phenoxy) is 1. The maximum absolute atomic E-state index is 13.3. The molecule has 0 saturated carbocycles. The highest BCUT2D eigenvalue weighted by molar-refractivity contribution is 5.99. The van der Waals surface area contributed by atoms with E-state index in [1.807, 2.05) is 42.5 Å². The van der Waals surface area contributed by atoms with E-state index >= 15 is 0 Å². The van der Waals surface area contributed by atoms with Crippen LogP contribution in [-0.2, 0) is 4.79 Å². The van der Waals surface area contributed by atoms with E-state index in [1.54, 1.807) is 31.2 Å². The van der Waals surface area contributed by atoms with Crippen LogP contribution >= 0.6 is 0 Å². The van der Waals surface area contributed by atoms with Crippen molar-refractivity contribution in [2.24, 2.45) is 0 Å². The molecule has 1 fully saturated rings. The van der Waals surface area contributed by atoms with Gasteiger partial charge in [0.05, 0.1) is 11.1 Å². The lowest BCUT2D eigenvalue weighted by Crippen LogP contribution is -2.44. The predicted octanol–water partition coefficient (Wildman–Crippen LogP) is 4.52. The van der Waals surface area contributed by atoms with Gasteiger partial charge < -0.3 is 20.1 Å². The van der Waals surface area contributed by atoms with Gasteiger partial charge in [-0.2, -0.15) is 0 Å². The summed E-state index contributed by atoms with van der Waals surface area (Å²) >= 11 is 0. The summed E-state index contributed by atoms with van der Waals surface area (Å²) < 4.78 is 6.14. The molecule has 0 bridgehead atoms. The number of amides is 1. The third-order valence-corrected chi connectivity index (χ3v) is 6.30. The summed E-state index contributed by atoms with van der Waals surface area (Å²) in [6.07, 6.45) is 3.60. The van der Waals surface area contributed by atoms with Gasteiger partial charge in [-0.3, -0.25) is 4.79 Å². The van der Waals surface area contributed by atoms with Crippen LogP contribution in [0.4, 0.5) is 0 Å². The zero-order chi connectivity index (χ0) is 24.1. The molecule has 4 rings (SSSR count). The number of carboxylic acid groups (broad SMARTS) is 1. The van der Waals surface area contributed by atoms with E-state index in [1.165, 1.54) is 0 Å². The summed E-state index contributed by atoms with van der Waals surface area (Å²) in [4.78, 5) is 26.9.